The first-order valence-electron chi connectivity index (χ1n) is 4.61. The molecule has 0 aliphatic rings. The van der Waals surface area contributed by atoms with Crippen LogP contribution in [0.1, 0.15) is 12.6 Å². The summed E-state index contributed by atoms with van der Waals surface area (Å²) in [5, 5.41) is 0. The molecule has 0 saturated carbocycles. The molecular weight excluding hydrogens is 194 g/mol. The van der Waals surface area contributed by atoms with E-state index in [2.05, 4.69) is 4.98 Å². The highest BCUT2D eigenvalue weighted by Gasteiger charge is 1.96. The monoisotopic (exact) mass is 207 g/mol. The molecule has 0 saturated heterocycles. The second-order valence-corrected chi connectivity index (χ2v) is 2.71. The quantitative estimate of drug-likeness (QED) is 0.556. The van der Waals surface area contributed by atoms with Gasteiger partial charge in [-0.3, -0.25) is 4.98 Å². The Hall–Kier alpha value is -1.84. The minimum absolute atomic E-state index is 0.370. The Labute approximate surface area is 88.5 Å². The van der Waals surface area contributed by atoms with Crippen LogP contribution in [0.25, 0.3) is 6.08 Å². The molecule has 0 N–H and O–H groups in total. The summed E-state index contributed by atoms with van der Waals surface area (Å²) in [7, 11) is 1.58. The van der Waals surface area contributed by atoms with Crippen LogP contribution in [0.5, 0.6) is 5.75 Å². The summed E-state index contributed by atoms with van der Waals surface area (Å²) in [6.45, 7) is 2.13. The molecule has 4 heteroatoms. The zero-order valence-electron chi connectivity index (χ0n) is 8.77. The predicted molar refractivity (Wildman–Crippen MR) is 56.5 cm³/mol. The molecule has 1 heterocycles. The van der Waals surface area contributed by atoms with E-state index >= 15 is 0 Å². The van der Waals surface area contributed by atoms with Gasteiger partial charge in [-0.2, -0.15) is 0 Å². The number of hydrogen-bond donors (Lipinski definition) is 0. The molecule has 0 aliphatic heterocycles. The van der Waals surface area contributed by atoms with E-state index in [1.807, 2.05) is 0 Å². The van der Waals surface area contributed by atoms with Crippen molar-refractivity contribution in [1.29, 1.82) is 0 Å². The summed E-state index contributed by atoms with van der Waals surface area (Å²) < 4.78 is 9.75. The zero-order chi connectivity index (χ0) is 11.1. The highest BCUT2D eigenvalue weighted by Crippen LogP contribution is 2.10. The smallest absolute Gasteiger partial charge is 0.330 e. The molecule has 0 aliphatic carbocycles. The van der Waals surface area contributed by atoms with E-state index in [-0.39, 0.29) is 5.97 Å². The van der Waals surface area contributed by atoms with Gasteiger partial charge >= 0.3 is 5.97 Å². The number of carbonyl (C=O) groups excluding carboxylic acids is 1. The van der Waals surface area contributed by atoms with Crippen LogP contribution in [-0.4, -0.2) is 24.7 Å². The third-order valence-corrected chi connectivity index (χ3v) is 1.67. The molecular formula is C11H13NO3. The van der Waals surface area contributed by atoms with Crippen LogP contribution in [0.15, 0.2) is 24.4 Å². The van der Waals surface area contributed by atoms with E-state index in [4.69, 9.17) is 9.47 Å². The molecule has 1 rings (SSSR count). The van der Waals surface area contributed by atoms with E-state index in [0.29, 0.717) is 18.1 Å². The fourth-order valence-electron chi connectivity index (χ4n) is 0.990. The van der Waals surface area contributed by atoms with Crippen molar-refractivity contribution in [1.82, 2.24) is 4.98 Å². The van der Waals surface area contributed by atoms with Crippen molar-refractivity contribution in [3.05, 3.63) is 30.1 Å². The second-order valence-electron chi connectivity index (χ2n) is 2.71. The van der Waals surface area contributed by atoms with Gasteiger partial charge in [-0.1, -0.05) is 0 Å². The first kappa shape index (κ1) is 11.2. The zero-order valence-corrected chi connectivity index (χ0v) is 8.77. The topological polar surface area (TPSA) is 48.4 Å². The van der Waals surface area contributed by atoms with Crippen LogP contribution < -0.4 is 4.74 Å². The van der Waals surface area contributed by atoms with Crippen LogP contribution in [0.2, 0.25) is 0 Å². The van der Waals surface area contributed by atoms with Crippen molar-refractivity contribution in [2.24, 2.45) is 0 Å². The van der Waals surface area contributed by atoms with Crippen molar-refractivity contribution in [3.8, 4) is 5.75 Å². The number of hydrogen-bond acceptors (Lipinski definition) is 4. The van der Waals surface area contributed by atoms with E-state index in [1.54, 1.807) is 38.4 Å². The Kier molecular flexibility index (Phi) is 4.34. The molecule has 0 amide bonds. The van der Waals surface area contributed by atoms with Gasteiger partial charge in [0, 0.05) is 18.3 Å². The van der Waals surface area contributed by atoms with E-state index < -0.39 is 0 Å². The number of carbonyl (C=O) groups is 1. The lowest BCUT2D eigenvalue weighted by Gasteiger charge is -1.99. The molecule has 1 aromatic rings. The van der Waals surface area contributed by atoms with E-state index in [1.165, 1.54) is 6.08 Å². The average Bonchev–Trinajstić information content (AvgIpc) is 2.27. The number of pyridine rings is 1. The van der Waals surface area contributed by atoms with Crippen LogP contribution in [0.3, 0.4) is 0 Å². The summed E-state index contributed by atoms with van der Waals surface area (Å²) >= 11 is 0. The van der Waals surface area contributed by atoms with Crippen molar-refractivity contribution >= 4 is 12.0 Å². The maximum atomic E-state index is 11.0. The molecule has 80 valence electrons. The largest absolute Gasteiger partial charge is 0.497 e. The highest BCUT2D eigenvalue weighted by molar-refractivity contribution is 5.86. The van der Waals surface area contributed by atoms with Gasteiger partial charge in [-0.15, -0.1) is 0 Å². The molecule has 0 radical (unpaired) electrons. The number of esters is 1. The maximum absolute atomic E-state index is 11.0. The molecule has 4 nitrogen and oxygen atoms in total. The summed E-state index contributed by atoms with van der Waals surface area (Å²) in [6.07, 6.45) is 4.54. The van der Waals surface area contributed by atoms with Gasteiger partial charge in [0.15, 0.2) is 0 Å². The third-order valence-electron chi connectivity index (χ3n) is 1.67. The van der Waals surface area contributed by atoms with Crippen LogP contribution in [0, 0.1) is 0 Å². The predicted octanol–water partition coefficient (Wildman–Crippen LogP) is 1.67. The minimum atomic E-state index is -0.373. The van der Waals surface area contributed by atoms with Crippen LogP contribution in [-0.2, 0) is 9.53 Å². The van der Waals surface area contributed by atoms with Gasteiger partial charge in [0.25, 0.3) is 0 Å². The van der Waals surface area contributed by atoms with Gasteiger partial charge in [0.1, 0.15) is 5.75 Å². The van der Waals surface area contributed by atoms with Gasteiger partial charge in [-0.25, -0.2) is 4.79 Å². The number of methoxy groups -OCH3 is 1. The first-order chi connectivity index (χ1) is 7.26. The summed E-state index contributed by atoms with van der Waals surface area (Å²) in [6, 6.07) is 3.47. The van der Waals surface area contributed by atoms with Crippen LogP contribution >= 0.6 is 0 Å². The fourth-order valence-corrected chi connectivity index (χ4v) is 0.990. The Morgan fingerprint density at radius 1 is 1.60 bits per heavy atom. The van der Waals surface area contributed by atoms with Gasteiger partial charge in [-0.05, 0) is 19.1 Å². The van der Waals surface area contributed by atoms with E-state index in [9.17, 15) is 4.79 Å². The molecule has 0 aromatic carbocycles. The molecule has 15 heavy (non-hydrogen) atoms. The van der Waals surface area contributed by atoms with Crippen molar-refractivity contribution in [2.75, 3.05) is 13.7 Å². The van der Waals surface area contributed by atoms with Gasteiger partial charge < -0.3 is 9.47 Å². The Morgan fingerprint density at radius 2 is 2.40 bits per heavy atom. The van der Waals surface area contributed by atoms with E-state index in [0.717, 1.165) is 0 Å². The number of ether oxygens (including phenoxy) is 2. The second kappa shape index (κ2) is 5.80. The lowest BCUT2D eigenvalue weighted by molar-refractivity contribution is -0.137. The maximum Gasteiger partial charge on any atom is 0.330 e. The average molecular weight is 207 g/mol. The lowest BCUT2D eigenvalue weighted by atomic mass is 10.3. The summed E-state index contributed by atoms with van der Waals surface area (Å²) in [5.74, 6) is 0.329. The standard InChI is InChI=1S/C11H13NO3/c1-3-15-11(13)5-4-9-8-10(14-2)6-7-12-9/h4-8H,3H2,1-2H3/b5-4+. The number of rotatable bonds is 4. The van der Waals surface area contributed by atoms with Gasteiger partial charge in [0.05, 0.1) is 19.4 Å². The normalized spacial score (nSPS) is 10.3. The Morgan fingerprint density at radius 3 is 3.07 bits per heavy atom. The summed E-state index contributed by atoms with van der Waals surface area (Å²) in [4.78, 5) is 15.0. The number of nitrogens with zero attached hydrogens (tertiary/aromatic N) is 1. The summed E-state index contributed by atoms with van der Waals surface area (Å²) in [5.41, 5.74) is 0.655. The Balaban J connectivity index is 2.67. The first-order valence-corrected chi connectivity index (χ1v) is 4.61. The van der Waals surface area contributed by atoms with Crippen molar-refractivity contribution < 1.29 is 14.3 Å². The lowest BCUT2D eigenvalue weighted by Crippen LogP contribution is -1.98. The molecule has 1 aromatic heterocycles. The molecule has 0 spiro atoms. The molecule has 0 fully saturated rings. The highest BCUT2D eigenvalue weighted by atomic mass is 16.5. The molecule has 0 unspecified atom stereocenters. The number of aromatic nitrogens is 1. The van der Waals surface area contributed by atoms with Crippen molar-refractivity contribution in [2.45, 2.75) is 6.92 Å². The van der Waals surface area contributed by atoms with Crippen molar-refractivity contribution in [3.63, 3.8) is 0 Å². The van der Waals surface area contributed by atoms with Crippen LogP contribution in [0.4, 0.5) is 0 Å². The molecule has 0 atom stereocenters. The minimum Gasteiger partial charge on any atom is -0.497 e. The fraction of sp³-hybridized carbons (Fsp3) is 0.273. The third kappa shape index (κ3) is 3.81. The SMILES string of the molecule is CCOC(=O)/C=C/c1cc(OC)ccn1. The van der Waals surface area contributed by atoms with Gasteiger partial charge in [0.2, 0.25) is 0 Å². The molecule has 0 bridgehead atoms. The Bertz CT molecular complexity index is 361.